The van der Waals surface area contributed by atoms with Gasteiger partial charge in [0.2, 0.25) is 5.91 Å². The second kappa shape index (κ2) is 14.2. The summed E-state index contributed by atoms with van der Waals surface area (Å²) in [5, 5.41) is 36.8. The Morgan fingerprint density at radius 1 is 1.14 bits per heavy atom. The third kappa shape index (κ3) is 8.06. The van der Waals surface area contributed by atoms with Gasteiger partial charge in [-0.05, 0) is 63.3 Å². The monoisotopic (exact) mass is 528 g/mol. The zero-order chi connectivity index (χ0) is 25.4. The molecule has 1 aromatic carbocycles. The van der Waals surface area contributed by atoms with Crippen LogP contribution in [-0.4, -0.2) is 81.3 Å². The molecular formula is C26H41ClN2O5S. The Morgan fingerprint density at radius 2 is 1.89 bits per heavy atom. The van der Waals surface area contributed by atoms with E-state index in [4.69, 9.17) is 16.3 Å². The molecular weight excluding hydrogens is 488 g/mol. The lowest BCUT2D eigenvalue weighted by molar-refractivity contribution is -0.205. The van der Waals surface area contributed by atoms with Gasteiger partial charge in [0.25, 0.3) is 0 Å². The van der Waals surface area contributed by atoms with Crippen LogP contribution in [0.5, 0.6) is 0 Å². The fourth-order valence-corrected chi connectivity index (χ4v) is 6.00. The van der Waals surface area contributed by atoms with E-state index in [1.807, 2.05) is 6.07 Å². The van der Waals surface area contributed by atoms with Crippen LogP contribution in [0.4, 0.5) is 0 Å². The van der Waals surface area contributed by atoms with E-state index in [-0.39, 0.29) is 11.9 Å². The maximum absolute atomic E-state index is 13.1. The van der Waals surface area contributed by atoms with Gasteiger partial charge in [0.15, 0.2) is 0 Å². The quantitative estimate of drug-likeness (QED) is 0.234. The third-order valence-electron chi connectivity index (χ3n) is 7.29. The number of thioether (sulfide) groups is 1. The molecule has 1 aromatic rings. The number of rotatable bonds is 10. The number of unbranched alkanes of at least 4 members (excludes halogenated alkanes) is 1. The van der Waals surface area contributed by atoms with Crippen molar-refractivity contribution in [1.82, 2.24) is 10.6 Å². The van der Waals surface area contributed by atoms with E-state index in [1.165, 1.54) is 36.6 Å². The number of alkyl halides is 1. The van der Waals surface area contributed by atoms with Crippen LogP contribution in [-0.2, 0) is 16.0 Å². The summed E-state index contributed by atoms with van der Waals surface area (Å²) in [5.41, 5.74) is 0.666. The van der Waals surface area contributed by atoms with Crippen molar-refractivity contribution in [1.29, 1.82) is 0 Å². The van der Waals surface area contributed by atoms with Gasteiger partial charge in [-0.1, -0.05) is 43.2 Å². The Bertz CT molecular complexity index is 771. The first-order chi connectivity index (χ1) is 16.8. The smallest absolute Gasteiger partial charge is 0.237 e. The SMILES string of the molecule is CSC1O[C@H]([C@H](NC(=O)C2CC[C@H](CCCCc3ccccc3)CCN2)[C@H](C)Cl)[C@@H](O)C(O)[C@H]1O. The third-order valence-corrected chi connectivity index (χ3v) is 8.42. The molecule has 0 radical (unpaired) electrons. The van der Waals surface area contributed by atoms with Crippen LogP contribution in [0, 0.1) is 5.92 Å². The van der Waals surface area contributed by atoms with Crippen LogP contribution in [0.25, 0.3) is 0 Å². The number of aryl methyl sites for hydroxylation is 1. The number of carbonyl (C=O) groups excluding carboxylic acids is 1. The molecule has 3 rings (SSSR count). The normalized spacial score (nSPS) is 33.5. The predicted molar refractivity (Wildman–Crippen MR) is 141 cm³/mol. The van der Waals surface area contributed by atoms with Gasteiger partial charge in [0, 0.05) is 0 Å². The molecule has 2 saturated heterocycles. The lowest BCUT2D eigenvalue weighted by atomic mass is 9.91. The number of nitrogens with one attached hydrogen (secondary N) is 2. The molecule has 0 spiro atoms. The van der Waals surface area contributed by atoms with Crippen molar-refractivity contribution >= 4 is 29.3 Å². The zero-order valence-electron chi connectivity index (χ0n) is 20.7. The molecule has 2 aliphatic rings. The van der Waals surface area contributed by atoms with E-state index in [9.17, 15) is 20.1 Å². The number of carbonyl (C=O) groups is 1. The lowest BCUT2D eigenvalue weighted by Crippen LogP contribution is -2.65. The minimum absolute atomic E-state index is 0.177. The molecule has 5 N–H and O–H groups in total. The fourth-order valence-electron chi connectivity index (χ4n) is 5.12. The van der Waals surface area contributed by atoms with Crippen LogP contribution in [0.2, 0.25) is 0 Å². The average Bonchev–Trinajstić information content (AvgIpc) is 3.10. The Labute approximate surface area is 218 Å². The molecule has 2 fully saturated rings. The van der Waals surface area contributed by atoms with Gasteiger partial charge in [0.05, 0.1) is 17.5 Å². The molecule has 198 valence electrons. The molecule has 9 atom stereocenters. The summed E-state index contributed by atoms with van der Waals surface area (Å²) in [6, 6.07) is 9.51. The number of benzene rings is 1. The number of ether oxygens (including phenoxy) is 1. The standard InChI is InChI=1S/C26H41ClN2O5S/c1-16(27)20(24-22(31)21(30)23(32)26(34-24)35-2)29-25(33)19-13-12-18(14-15-28-19)11-7-6-10-17-8-4-3-5-9-17/h3-5,8-9,16,18-24,26,28,30-32H,6-7,10-15H2,1-2H3,(H,29,33)/t16-,18-,19?,20+,21?,22-,23+,24+,26?/m0/s1. The number of amides is 1. The van der Waals surface area contributed by atoms with E-state index >= 15 is 0 Å². The molecule has 9 heteroatoms. The zero-order valence-corrected chi connectivity index (χ0v) is 22.3. The molecule has 35 heavy (non-hydrogen) atoms. The van der Waals surface area contributed by atoms with Gasteiger partial charge in [-0.2, -0.15) is 0 Å². The number of hydrogen-bond acceptors (Lipinski definition) is 7. The minimum atomic E-state index is -1.38. The van der Waals surface area contributed by atoms with Crippen molar-refractivity contribution in [3.63, 3.8) is 0 Å². The first kappa shape index (κ1) is 28.7. The topological polar surface area (TPSA) is 111 Å². The van der Waals surface area contributed by atoms with Gasteiger partial charge >= 0.3 is 0 Å². The Kier molecular flexibility index (Phi) is 11.6. The second-order valence-electron chi connectivity index (χ2n) is 9.86. The van der Waals surface area contributed by atoms with Gasteiger partial charge in [-0.25, -0.2) is 0 Å². The summed E-state index contributed by atoms with van der Waals surface area (Å²) < 4.78 is 5.85. The van der Waals surface area contributed by atoms with Crippen molar-refractivity contribution in [2.75, 3.05) is 12.8 Å². The first-order valence-electron chi connectivity index (χ1n) is 12.8. The summed E-state index contributed by atoms with van der Waals surface area (Å²) in [7, 11) is 0. The number of aliphatic hydroxyl groups is 3. The second-order valence-corrected chi connectivity index (χ2v) is 11.5. The summed E-state index contributed by atoms with van der Waals surface area (Å²) in [6.45, 7) is 2.50. The summed E-state index contributed by atoms with van der Waals surface area (Å²) in [4.78, 5) is 13.1. The molecule has 0 aromatic heterocycles. The predicted octanol–water partition coefficient (Wildman–Crippen LogP) is 2.44. The highest BCUT2D eigenvalue weighted by atomic mass is 35.5. The Hall–Kier alpha value is -0.870. The van der Waals surface area contributed by atoms with Crippen LogP contribution in [0.15, 0.2) is 30.3 Å². The number of hydrogen-bond donors (Lipinski definition) is 5. The maximum Gasteiger partial charge on any atom is 0.237 e. The molecule has 0 saturated carbocycles. The number of halogens is 1. The first-order valence-corrected chi connectivity index (χ1v) is 14.5. The Balaban J connectivity index is 1.49. The molecule has 7 nitrogen and oxygen atoms in total. The highest BCUT2D eigenvalue weighted by molar-refractivity contribution is 7.99. The fraction of sp³-hybridized carbons (Fsp3) is 0.731. The average molecular weight is 529 g/mol. The van der Waals surface area contributed by atoms with Crippen molar-refractivity contribution in [2.24, 2.45) is 5.92 Å². The summed E-state index contributed by atoms with van der Waals surface area (Å²) >= 11 is 7.63. The molecule has 0 aliphatic carbocycles. The summed E-state index contributed by atoms with van der Waals surface area (Å²) in [6.07, 6.45) is 4.28. The lowest BCUT2D eigenvalue weighted by Gasteiger charge is -2.44. The number of aliphatic hydroxyl groups excluding tert-OH is 3. The van der Waals surface area contributed by atoms with Crippen LogP contribution in [0.1, 0.15) is 51.0 Å². The van der Waals surface area contributed by atoms with E-state index in [0.29, 0.717) is 5.92 Å². The van der Waals surface area contributed by atoms with E-state index in [2.05, 4.69) is 34.9 Å². The van der Waals surface area contributed by atoms with Crippen molar-refractivity contribution < 1.29 is 24.9 Å². The van der Waals surface area contributed by atoms with E-state index in [0.717, 1.165) is 32.2 Å². The van der Waals surface area contributed by atoms with Crippen LogP contribution >= 0.6 is 23.4 Å². The minimum Gasteiger partial charge on any atom is -0.388 e. The van der Waals surface area contributed by atoms with Crippen molar-refractivity contribution in [2.45, 2.75) is 99.2 Å². The van der Waals surface area contributed by atoms with E-state index < -0.39 is 41.3 Å². The molecule has 2 aliphatic heterocycles. The van der Waals surface area contributed by atoms with Gasteiger partial charge in [0.1, 0.15) is 29.9 Å². The van der Waals surface area contributed by atoms with Crippen molar-refractivity contribution in [3.8, 4) is 0 Å². The molecule has 2 heterocycles. The summed E-state index contributed by atoms with van der Waals surface area (Å²) in [5.74, 6) is 0.422. The van der Waals surface area contributed by atoms with Gasteiger partial charge < -0.3 is 30.7 Å². The van der Waals surface area contributed by atoms with Gasteiger partial charge in [-0.15, -0.1) is 23.4 Å². The highest BCUT2D eigenvalue weighted by Gasteiger charge is 2.48. The van der Waals surface area contributed by atoms with Crippen LogP contribution in [0.3, 0.4) is 0 Å². The van der Waals surface area contributed by atoms with Crippen molar-refractivity contribution in [3.05, 3.63) is 35.9 Å². The van der Waals surface area contributed by atoms with E-state index in [1.54, 1.807) is 13.2 Å². The van der Waals surface area contributed by atoms with Gasteiger partial charge in [-0.3, -0.25) is 4.79 Å². The Morgan fingerprint density at radius 3 is 2.57 bits per heavy atom. The molecule has 1 amide bonds. The van der Waals surface area contributed by atoms with Crippen LogP contribution < -0.4 is 10.6 Å². The highest BCUT2D eigenvalue weighted by Crippen LogP contribution is 2.30. The molecule has 0 bridgehead atoms. The molecule has 3 unspecified atom stereocenters. The largest absolute Gasteiger partial charge is 0.388 e. The maximum atomic E-state index is 13.1.